The van der Waals surface area contributed by atoms with Gasteiger partial charge in [0.2, 0.25) is 0 Å². The molecule has 3 nitrogen and oxygen atoms in total. The minimum absolute atomic E-state index is 0.0362. The van der Waals surface area contributed by atoms with Crippen LogP contribution in [0, 0.1) is 0 Å². The van der Waals surface area contributed by atoms with Crippen LogP contribution in [-0.2, 0) is 4.79 Å². The first-order valence-electron chi connectivity index (χ1n) is 3.04. The predicted octanol–water partition coefficient (Wildman–Crippen LogP) is 0.997. The summed E-state index contributed by atoms with van der Waals surface area (Å²) in [5.41, 5.74) is 0. The average Bonchev–Trinajstić information content (AvgIpc) is 1.84. The molecule has 0 aromatic heterocycles. The first kappa shape index (κ1) is 9.91. The molecular formula is C6H11BrO3. The molecule has 4 heteroatoms. The van der Waals surface area contributed by atoms with Crippen molar-refractivity contribution < 1.29 is 15.0 Å². The molecule has 10 heavy (non-hydrogen) atoms. The first-order chi connectivity index (χ1) is 4.50. The smallest absolute Gasteiger partial charge is 0.320 e. The van der Waals surface area contributed by atoms with Crippen LogP contribution < -0.4 is 0 Å². The van der Waals surface area contributed by atoms with Crippen molar-refractivity contribution in [3.8, 4) is 0 Å². The molecule has 0 rings (SSSR count). The zero-order valence-corrected chi connectivity index (χ0v) is 7.39. The number of carboxylic acid groups (broad SMARTS) is 1. The fourth-order valence-electron chi connectivity index (χ4n) is 0.518. The van der Waals surface area contributed by atoms with E-state index in [2.05, 4.69) is 15.9 Å². The van der Waals surface area contributed by atoms with Gasteiger partial charge >= 0.3 is 5.97 Å². The van der Waals surface area contributed by atoms with Crippen molar-refractivity contribution in [1.82, 2.24) is 0 Å². The zero-order valence-electron chi connectivity index (χ0n) is 5.80. The van der Waals surface area contributed by atoms with Crippen molar-refractivity contribution in [3.05, 3.63) is 0 Å². The average molecular weight is 211 g/mol. The molecule has 0 fully saturated rings. The van der Waals surface area contributed by atoms with Crippen LogP contribution in [-0.4, -0.2) is 27.1 Å². The van der Waals surface area contributed by atoms with Crippen molar-refractivity contribution in [2.75, 3.05) is 6.61 Å². The fourth-order valence-corrected chi connectivity index (χ4v) is 0.798. The van der Waals surface area contributed by atoms with Crippen molar-refractivity contribution in [2.45, 2.75) is 24.1 Å². The fraction of sp³-hybridized carbons (Fsp3) is 0.833. The molecule has 60 valence electrons. The molecule has 0 aliphatic carbocycles. The molecule has 0 aliphatic rings. The van der Waals surface area contributed by atoms with Crippen LogP contribution in [0.15, 0.2) is 0 Å². The number of hydrogen-bond donors (Lipinski definition) is 2. The van der Waals surface area contributed by atoms with E-state index >= 15 is 0 Å². The molecule has 0 saturated carbocycles. The second-order valence-electron chi connectivity index (χ2n) is 2.33. The highest BCUT2D eigenvalue weighted by atomic mass is 79.9. The van der Waals surface area contributed by atoms with Gasteiger partial charge in [-0.25, -0.2) is 0 Å². The van der Waals surface area contributed by atoms with Crippen LogP contribution in [0.3, 0.4) is 0 Å². The van der Waals surface area contributed by atoms with Crippen LogP contribution in [0.5, 0.6) is 0 Å². The minimum atomic E-state index is -0.888. The molecule has 0 aromatic rings. The van der Waals surface area contributed by atoms with E-state index in [4.69, 9.17) is 10.2 Å². The lowest BCUT2D eigenvalue weighted by Crippen LogP contribution is -2.27. The number of halogens is 1. The third kappa shape index (κ3) is 3.17. The third-order valence-corrected chi connectivity index (χ3v) is 1.99. The van der Waals surface area contributed by atoms with Gasteiger partial charge in [-0.3, -0.25) is 4.79 Å². The van der Waals surface area contributed by atoms with Crippen LogP contribution in [0.25, 0.3) is 0 Å². The lowest BCUT2D eigenvalue weighted by molar-refractivity contribution is -0.139. The Morgan fingerprint density at radius 3 is 2.50 bits per heavy atom. The molecule has 0 amide bonds. The molecule has 0 heterocycles. The largest absolute Gasteiger partial charge is 0.480 e. The van der Waals surface area contributed by atoms with Gasteiger partial charge in [0.15, 0.2) is 0 Å². The summed E-state index contributed by atoms with van der Waals surface area (Å²) in [4.78, 5) is 10.4. The highest BCUT2D eigenvalue weighted by Crippen LogP contribution is 2.23. The molecule has 1 atom stereocenters. The number of alkyl halides is 1. The van der Waals surface area contributed by atoms with E-state index in [0.29, 0.717) is 12.8 Å². The molecule has 0 aromatic carbocycles. The Labute approximate surface area is 68.2 Å². The number of carbonyl (C=O) groups is 1. The second-order valence-corrected chi connectivity index (χ2v) is 4.08. The molecular weight excluding hydrogens is 200 g/mol. The topological polar surface area (TPSA) is 57.5 Å². The number of aliphatic hydroxyl groups excluding tert-OH is 1. The van der Waals surface area contributed by atoms with Gasteiger partial charge in [-0.15, -0.1) is 0 Å². The van der Waals surface area contributed by atoms with E-state index in [0.717, 1.165) is 0 Å². The summed E-state index contributed by atoms with van der Waals surface area (Å²) in [7, 11) is 0. The first-order valence-corrected chi connectivity index (χ1v) is 3.83. The number of aliphatic hydroxyl groups is 1. The maximum atomic E-state index is 10.4. The van der Waals surface area contributed by atoms with Gasteiger partial charge in [-0.2, -0.15) is 0 Å². The summed E-state index contributed by atoms with van der Waals surface area (Å²) in [5, 5.41) is 16.9. The molecule has 0 saturated heterocycles. The molecule has 0 aliphatic heterocycles. The number of carboxylic acids is 1. The summed E-state index contributed by atoms with van der Waals surface area (Å²) in [6.07, 6.45) is 0.951. The minimum Gasteiger partial charge on any atom is -0.480 e. The van der Waals surface area contributed by atoms with Crippen molar-refractivity contribution in [3.63, 3.8) is 0 Å². The second kappa shape index (κ2) is 3.93. The zero-order chi connectivity index (χ0) is 8.20. The van der Waals surface area contributed by atoms with Gasteiger partial charge in [0, 0.05) is 6.61 Å². The standard InChI is InChI=1S/C6H11BrO3/c1-6(7,5(9)10)3-2-4-8/h8H,2-4H2,1H3,(H,9,10). The maximum absolute atomic E-state index is 10.4. The summed E-state index contributed by atoms with van der Waals surface area (Å²) in [5.74, 6) is -0.888. The number of aliphatic carboxylic acids is 1. The van der Waals surface area contributed by atoms with Gasteiger partial charge in [0.25, 0.3) is 0 Å². The van der Waals surface area contributed by atoms with Gasteiger partial charge in [-0.1, -0.05) is 15.9 Å². The Morgan fingerprint density at radius 1 is 1.70 bits per heavy atom. The van der Waals surface area contributed by atoms with E-state index in [1.165, 1.54) is 0 Å². The lowest BCUT2D eigenvalue weighted by Gasteiger charge is -2.15. The van der Waals surface area contributed by atoms with Crippen LogP contribution in [0.1, 0.15) is 19.8 Å². The summed E-state index contributed by atoms with van der Waals surface area (Å²) >= 11 is 3.04. The van der Waals surface area contributed by atoms with E-state index in [1.807, 2.05) is 0 Å². The quantitative estimate of drug-likeness (QED) is 0.682. The molecule has 2 N–H and O–H groups in total. The van der Waals surface area contributed by atoms with Crippen LogP contribution in [0.4, 0.5) is 0 Å². The van der Waals surface area contributed by atoms with Crippen molar-refractivity contribution in [2.24, 2.45) is 0 Å². The van der Waals surface area contributed by atoms with Gasteiger partial charge in [-0.05, 0) is 19.8 Å². The van der Waals surface area contributed by atoms with E-state index in [-0.39, 0.29) is 6.61 Å². The van der Waals surface area contributed by atoms with E-state index in [1.54, 1.807) is 6.92 Å². The van der Waals surface area contributed by atoms with Crippen molar-refractivity contribution in [1.29, 1.82) is 0 Å². The third-order valence-electron chi connectivity index (χ3n) is 1.25. The highest BCUT2D eigenvalue weighted by Gasteiger charge is 2.28. The number of hydrogen-bond acceptors (Lipinski definition) is 2. The summed E-state index contributed by atoms with van der Waals surface area (Å²) in [6.45, 7) is 1.61. The van der Waals surface area contributed by atoms with Crippen LogP contribution >= 0.6 is 15.9 Å². The lowest BCUT2D eigenvalue weighted by atomic mass is 10.1. The van der Waals surface area contributed by atoms with E-state index in [9.17, 15) is 4.79 Å². The van der Waals surface area contributed by atoms with E-state index < -0.39 is 10.3 Å². The Balaban J connectivity index is 3.75. The maximum Gasteiger partial charge on any atom is 0.320 e. The molecule has 0 radical (unpaired) electrons. The SMILES string of the molecule is CC(Br)(CCCO)C(=O)O. The van der Waals surface area contributed by atoms with Gasteiger partial charge < -0.3 is 10.2 Å². The van der Waals surface area contributed by atoms with Gasteiger partial charge in [0.1, 0.15) is 4.32 Å². The Bertz CT molecular complexity index is 122. The van der Waals surface area contributed by atoms with Gasteiger partial charge in [0.05, 0.1) is 0 Å². The molecule has 0 bridgehead atoms. The summed E-state index contributed by atoms with van der Waals surface area (Å²) < 4.78 is -0.879. The molecule has 1 unspecified atom stereocenters. The number of rotatable bonds is 4. The van der Waals surface area contributed by atoms with Crippen LogP contribution in [0.2, 0.25) is 0 Å². The normalized spacial score (nSPS) is 16.3. The Hall–Kier alpha value is -0.0900. The monoisotopic (exact) mass is 210 g/mol. The Kier molecular flexibility index (Phi) is 3.89. The molecule has 0 spiro atoms. The highest BCUT2D eigenvalue weighted by molar-refractivity contribution is 9.10. The summed E-state index contributed by atoms with van der Waals surface area (Å²) in [6, 6.07) is 0. The Morgan fingerprint density at radius 2 is 2.20 bits per heavy atom. The predicted molar refractivity (Wildman–Crippen MR) is 41.3 cm³/mol. The van der Waals surface area contributed by atoms with Crippen molar-refractivity contribution >= 4 is 21.9 Å².